The Labute approximate surface area is 264 Å². The Hall–Kier alpha value is -5.67. The molecule has 0 amide bonds. The number of rotatable bonds is 13. The van der Waals surface area contributed by atoms with E-state index in [4.69, 9.17) is 19.3 Å². The van der Waals surface area contributed by atoms with E-state index in [0.29, 0.717) is 51.9 Å². The molecule has 5 aromatic carbocycles. The van der Waals surface area contributed by atoms with Gasteiger partial charge in [0.15, 0.2) is 0 Å². The molecule has 0 bridgehead atoms. The molecule has 2 N–H and O–H groups in total. The van der Waals surface area contributed by atoms with E-state index in [1.165, 1.54) is 11.3 Å². The highest BCUT2D eigenvalue weighted by molar-refractivity contribution is 7.18. The predicted octanol–water partition coefficient (Wildman–Crippen LogP) is 8.53. The topological polar surface area (TPSA) is 103 Å². The number of anilines is 2. The maximum absolute atomic E-state index is 10.9. The third-order valence-electron chi connectivity index (χ3n) is 6.65. The van der Waals surface area contributed by atoms with Crippen molar-refractivity contribution >= 4 is 28.1 Å². The molecule has 0 aliphatic carbocycles. The Kier molecular flexibility index (Phi) is 9.28. The number of ether oxygens (including phenoxy) is 3. The van der Waals surface area contributed by atoms with E-state index < -0.39 is 5.97 Å². The van der Waals surface area contributed by atoms with Gasteiger partial charge in [0.25, 0.3) is 0 Å². The number of aliphatic carboxylic acids is 1. The molecule has 8 nitrogen and oxygen atoms in total. The van der Waals surface area contributed by atoms with Crippen molar-refractivity contribution in [1.82, 2.24) is 10.2 Å². The molecule has 0 unspecified atom stereocenters. The van der Waals surface area contributed by atoms with Gasteiger partial charge in [0.05, 0.1) is 6.42 Å². The van der Waals surface area contributed by atoms with Crippen LogP contribution in [0.1, 0.15) is 16.7 Å². The first-order valence-electron chi connectivity index (χ1n) is 14.2. The van der Waals surface area contributed by atoms with Crippen molar-refractivity contribution < 1.29 is 24.1 Å². The Bertz CT molecular complexity index is 1800. The highest BCUT2D eigenvalue weighted by Gasteiger charge is 2.12. The summed E-state index contributed by atoms with van der Waals surface area (Å²) in [5.41, 5.74) is 4.46. The Morgan fingerprint density at radius 3 is 1.91 bits per heavy atom. The largest absolute Gasteiger partial charge is 0.489 e. The molecule has 0 radical (unpaired) electrons. The van der Waals surface area contributed by atoms with Crippen molar-refractivity contribution in [1.29, 1.82) is 0 Å². The first-order valence-corrected chi connectivity index (χ1v) is 15.1. The normalized spacial score (nSPS) is 10.7. The van der Waals surface area contributed by atoms with E-state index in [9.17, 15) is 4.79 Å². The van der Waals surface area contributed by atoms with Crippen LogP contribution in [0.5, 0.6) is 23.0 Å². The van der Waals surface area contributed by atoms with Crippen LogP contribution in [0.3, 0.4) is 0 Å². The van der Waals surface area contributed by atoms with Crippen LogP contribution in [-0.4, -0.2) is 21.3 Å². The third-order valence-corrected chi connectivity index (χ3v) is 7.54. The van der Waals surface area contributed by atoms with Gasteiger partial charge in [-0.1, -0.05) is 90.2 Å². The molecule has 9 heteroatoms. The fourth-order valence-electron chi connectivity index (χ4n) is 4.48. The highest BCUT2D eigenvalue weighted by Crippen LogP contribution is 2.35. The summed E-state index contributed by atoms with van der Waals surface area (Å²) in [5.74, 6) is 1.71. The molecule has 45 heavy (non-hydrogen) atoms. The van der Waals surface area contributed by atoms with Crippen molar-refractivity contribution in [3.05, 3.63) is 144 Å². The maximum Gasteiger partial charge on any atom is 0.307 e. The number of hydrogen-bond donors (Lipinski definition) is 2. The van der Waals surface area contributed by atoms with Crippen LogP contribution < -0.4 is 19.5 Å². The van der Waals surface area contributed by atoms with Gasteiger partial charge in [-0.05, 0) is 53.1 Å². The molecular formula is C36H29N3O5S. The van der Waals surface area contributed by atoms with Crippen molar-refractivity contribution in [3.8, 4) is 33.6 Å². The number of hydrogen-bond acceptors (Lipinski definition) is 8. The molecule has 0 spiro atoms. The third kappa shape index (κ3) is 8.46. The summed E-state index contributed by atoms with van der Waals surface area (Å²) in [7, 11) is 0. The smallest absolute Gasteiger partial charge is 0.307 e. The average Bonchev–Trinajstić information content (AvgIpc) is 3.53. The fraction of sp³-hybridized carbons (Fsp3) is 0.0833. The molecule has 0 fully saturated rings. The van der Waals surface area contributed by atoms with Gasteiger partial charge in [0.1, 0.15) is 41.2 Å². The first-order chi connectivity index (χ1) is 22.1. The summed E-state index contributed by atoms with van der Waals surface area (Å²) in [6.45, 7) is 0.854. The number of aromatic nitrogens is 2. The Morgan fingerprint density at radius 1 is 0.644 bits per heavy atom. The lowest BCUT2D eigenvalue weighted by Crippen LogP contribution is -1.99. The number of benzene rings is 5. The van der Waals surface area contributed by atoms with Gasteiger partial charge in [0.2, 0.25) is 5.13 Å². The monoisotopic (exact) mass is 615 g/mol. The van der Waals surface area contributed by atoms with Gasteiger partial charge < -0.3 is 24.6 Å². The summed E-state index contributed by atoms with van der Waals surface area (Å²) in [6.07, 6.45) is -0.0312. The minimum atomic E-state index is -0.872. The number of carboxylic acid groups (broad SMARTS) is 1. The van der Waals surface area contributed by atoms with Crippen LogP contribution in [0.25, 0.3) is 10.6 Å². The summed E-state index contributed by atoms with van der Waals surface area (Å²) in [4.78, 5) is 10.9. The number of carbonyl (C=O) groups is 1. The van der Waals surface area contributed by atoms with Crippen molar-refractivity contribution in [2.45, 2.75) is 19.6 Å². The van der Waals surface area contributed by atoms with Crippen molar-refractivity contribution in [2.75, 3.05) is 5.32 Å². The van der Waals surface area contributed by atoms with Gasteiger partial charge in [-0.25, -0.2) is 0 Å². The minimum Gasteiger partial charge on any atom is -0.489 e. The van der Waals surface area contributed by atoms with E-state index in [2.05, 4.69) is 15.5 Å². The molecule has 0 saturated carbocycles. The zero-order chi connectivity index (χ0) is 30.8. The summed E-state index contributed by atoms with van der Waals surface area (Å²) < 4.78 is 18.3. The Morgan fingerprint density at radius 2 is 1.29 bits per heavy atom. The molecule has 6 aromatic rings. The van der Waals surface area contributed by atoms with E-state index in [1.54, 1.807) is 24.3 Å². The van der Waals surface area contributed by atoms with E-state index in [-0.39, 0.29) is 6.42 Å². The molecule has 1 heterocycles. The zero-order valence-electron chi connectivity index (χ0n) is 24.1. The summed E-state index contributed by atoms with van der Waals surface area (Å²) >= 11 is 1.41. The van der Waals surface area contributed by atoms with Gasteiger partial charge in [-0.15, -0.1) is 10.2 Å². The molecule has 224 valence electrons. The molecule has 0 saturated heterocycles. The SMILES string of the molecule is O=C(O)Cc1ccc(Oc2cccc(Nc3nnc(-c4cc(OCc5ccccc5)cc(OCc5ccccc5)c4)s3)c2)cc1. The number of nitrogens with one attached hydrogen (secondary N) is 1. The zero-order valence-corrected chi connectivity index (χ0v) is 24.9. The lowest BCUT2D eigenvalue weighted by molar-refractivity contribution is -0.136. The predicted molar refractivity (Wildman–Crippen MR) is 174 cm³/mol. The molecular weight excluding hydrogens is 586 g/mol. The minimum absolute atomic E-state index is 0.0312. The number of carboxylic acids is 1. The molecule has 0 aliphatic rings. The van der Waals surface area contributed by atoms with Gasteiger partial charge in [0, 0.05) is 23.4 Å². The lowest BCUT2D eigenvalue weighted by atomic mass is 10.1. The fourth-order valence-corrected chi connectivity index (χ4v) is 5.23. The van der Waals surface area contributed by atoms with E-state index in [0.717, 1.165) is 22.4 Å². The lowest BCUT2D eigenvalue weighted by Gasteiger charge is -2.12. The van der Waals surface area contributed by atoms with Gasteiger partial charge >= 0.3 is 5.97 Å². The second-order valence-electron chi connectivity index (χ2n) is 10.1. The van der Waals surface area contributed by atoms with Gasteiger partial charge in [-0.2, -0.15) is 0 Å². The second kappa shape index (κ2) is 14.2. The Balaban J connectivity index is 1.17. The number of nitrogens with zero attached hydrogens (tertiary/aromatic N) is 2. The van der Waals surface area contributed by atoms with Crippen LogP contribution in [0.2, 0.25) is 0 Å². The highest BCUT2D eigenvalue weighted by atomic mass is 32.1. The van der Waals surface area contributed by atoms with Crippen LogP contribution in [0.15, 0.2) is 127 Å². The summed E-state index contributed by atoms with van der Waals surface area (Å²) in [5, 5.41) is 22.4. The van der Waals surface area contributed by atoms with Crippen LogP contribution in [-0.2, 0) is 24.4 Å². The quantitative estimate of drug-likeness (QED) is 0.133. The average molecular weight is 616 g/mol. The van der Waals surface area contributed by atoms with Crippen LogP contribution in [0.4, 0.5) is 10.8 Å². The van der Waals surface area contributed by atoms with Gasteiger partial charge in [-0.3, -0.25) is 4.79 Å². The molecule has 0 atom stereocenters. The molecule has 0 aliphatic heterocycles. The van der Waals surface area contributed by atoms with Crippen LogP contribution >= 0.6 is 11.3 Å². The first kappa shape index (κ1) is 29.4. The van der Waals surface area contributed by atoms with Crippen molar-refractivity contribution in [2.24, 2.45) is 0 Å². The van der Waals surface area contributed by atoms with E-state index >= 15 is 0 Å². The molecule has 6 rings (SSSR count). The van der Waals surface area contributed by atoms with E-state index in [1.807, 2.05) is 103 Å². The maximum atomic E-state index is 10.9. The molecule has 1 aromatic heterocycles. The van der Waals surface area contributed by atoms with Crippen LogP contribution in [0, 0.1) is 0 Å². The summed E-state index contributed by atoms with van der Waals surface area (Å²) in [6, 6.07) is 40.3. The van der Waals surface area contributed by atoms with Crippen molar-refractivity contribution in [3.63, 3.8) is 0 Å². The second-order valence-corrected chi connectivity index (χ2v) is 11.1. The standard InChI is InChI=1S/C36H29N3O5S/c40-34(41)18-25-14-16-30(17-15-25)44-31-13-7-12-29(21-31)37-36-39-38-35(45-36)28-19-32(42-23-26-8-3-1-4-9-26)22-33(20-28)43-24-27-10-5-2-6-11-27/h1-17,19-22H,18,23-24H2,(H,37,39)(H,40,41).